The minimum atomic E-state index is 0. The van der Waals surface area contributed by atoms with Gasteiger partial charge in [-0.1, -0.05) is 49.8 Å². The van der Waals surface area contributed by atoms with Crippen molar-refractivity contribution in [3.63, 3.8) is 0 Å². The smallest absolute Gasteiger partial charge is 0 e. The first-order valence-corrected chi connectivity index (χ1v) is 7.80. The molecule has 2 nitrogen and oxygen atoms in total. The van der Waals surface area contributed by atoms with E-state index in [-0.39, 0.29) is 39.3 Å². The summed E-state index contributed by atoms with van der Waals surface area (Å²) in [6, 6.07) is 11.0. The topological polar surface area (TPSA) is 23.5 Å². The van der Waals surface area contributed by atoms with Crippen molar-refractivity contribution in [1.82, 2.24) is 4.90 Å². The van der Waals surface area contributed by atoms with Crippen LogP contribution in [-0.4, -0.2) is 36.2 Å². The summed E-state index contributed by atoms with van der Waals surface area (Å²) in [4.78, 5) is 2.32. The minimum Gasteiger partial charge on any atom is -0.428 e. The zero-order chi connectivity index (χ0) is 14.3. The van der Waals surface area contributed by atoms with Gasteiger partial charge in [-0.15, -0.1) is 13.1 Å². The first-order valence-electron chi connectivity index (χ1n) is 7.80. The van der Waals surface area contributed by atoms with E-state index >= 15 is 0 Å². The summed E-state index contributed by atoms with van der Waals surface area (Å²) in [5, 5.41) is 8.92. The number of hydrogen-bond donors (Lipinski definition) is 1. The molecule has 1 radical (unpaired) electrons. The van der Waals surface area contributed by atoms with Gasteiger partial charge in [-0.2, -0.15) is 0 Å². The number of rotatable bonds is 8. The van der Waals surface area contributed by atoms with Crippen LogP contribution in [0.2, 0.25) is 0 Å². The standard InChI is InChI=1S/C18H27NO.Y/c1-2-19(14-8-16-20)15-13-18(11-6-7-12-18)17-9-4-3-5-10-17;/h3-5,8-10,20H,1-2,6-7,11-16H2;/q-2;. The Morgan fingerprint density at radius 1 is 1.19 bits per heavy atom. The molecule has 0 heterocycles. The zero-order valence-corrected chi connectivity index (χ0v) is 15.8. The molecule has 0 atom stereocenters. The molecule has 0 unspecified atom stereocenters. The fourth-order valence-electron chi connectivity index (χ4n) is 3.43. The van der Waals surface area contributed by atoms with E-state index in [4.69, 9.17) is 5.11 Å². The van der Waals surface area contributed by atoms with Crippen LogP contribution in [0.5, 0.6) is 0 Å². The van der Waals surface area contributed by atoms with E-state index in [1.807, 2.05) is 6.42 Å². The summed E-state index contributed by atoms with van der Waals surface area (Å²) in [7, 11) is 0. The Kier molecular flexibility index (Phi) is 9.28. The fourth-order valence-corrected chi connectivity index (χ4v) is 3.43. The number of nitrogens with zero attached hydrogens (tertiary/aromatic N) is 1. The van der Waals surface area contributed by atoms with Crippen LogP contribution in [0.25, 0.3) is 0 Å². The maximum absolute atomic E-state index is 8.92. The number of benzene rings is 1. The van der Waals surface area contributed by atoms with Crippen molar-refractivity contribution < 1.29 is 37.8 Å². The molecule has 1 aliphatic carbocycles. The second-order valence-electron chi connectivity index (χ2n) is 5.88. The molecule has 1 fully saturated rings. The molecule has 0 aliphatic heterocycles. The molecule has 0 amide bonds. The van der Waals surface area contributed by atoms with Crippen LogP contribution in [0.1, 0.15) is 37.7 Å². The van der Waals surface area contributed by atoms with Crippen molar-refractivity contribution in [2.24, 2.45) is 0 Å². The molecule has 0 spiro atoms. The normalized spacial score (nSPS) is 16.9. The molecule has 0 aromatic heterocycles. The van der Waals surface area contributed by atoms with Crippen LogP contribution in [-0.2, 0) is 38.1 Å². The fraction of sp³-hybridized carbons (Fsp3) is 0.556. The molecular weight excluding hydrogens is 335 g/mol. The van der Waals surface area contributed by atoms with E-state index in [0.717, 1.165) is 19.6 Å². The van der Waals surface area contributed by atoms with Crippen LogP contribution in [0.15, 0.2) is 30.3 Å². The predicted molar refractivity (Wildman–Crippen MR) is 84.4 cm³/mol. The molecule has 0 saturated heterocycles. The van der Waals surface area contributed by atoms with Crippen molar-refractivity contribution in [1.29, 1.82) is 0 Å². The number of aliphatic hydroxyl groups excluding tert-OH is 1. The van der Waals surface area contributed by atoms with E-state index in [2.05, 4.69) is 42.2 Å². The largest absolute Gasteiger partial charge is 0.428 e. The SMILES string of the molecule is [CH2-]CN(C[CH-]CO)CCC1(c2ccccc2)CCCC1.[Y]. The molecule has 3 heteroatoms. The average molecular weight is 362 g/mol. The first-order chi connectivity index (χ1) is 9.80. The third kappa shape index (κ3) is 5.42. The second-order valence-corrected chi connectivity index (χ2v) is 5.88. The monoisotopic (exact) mass is 362 g/mol. The summed E-state index contributed by atoms with van der Waals surface area (Å²) < 4.78 is 0. The Balaban J connectivity index is 0.00000220. The van der Waals surface area contributed by atoms with Gasteiger partial charge in [0.15, 0.2) is 0 Å². The summed E-state index contributed by atoms with van der Waals surface area (Å²) in [5.41, 5.74) is 1.88. The van der Waals surface area contributed by atoms with Gasteiger partial charge in [0, 0.05) is 32.7 Å². The molecule has 0 bridgehead atoms. The quantitative estimate of drug-likeness (QED) is 0.718. The molecule has 1 N–H and O–H groups in total. The number of aliphatic hydroxyl groups is 1. The molecule has 1 aliphatic rings. The van der Waals surface area contributed by atoms with Crippen LogP contribution in [0, 0.1) is 13.3 Å². The molecular formula is C18H27NOY-2. The van der Waals surface area contributed by atoms with Crippen LogP contribution in [0.3, 0.4) is 0 Å². The van der Waals surface area contributed by atoms with Crippen molar-refractivity contribution in [3.05, 3.63) is 49.2 Å². The van der Waals surface area contributed by atoms with Gasteiger partial charge < -0.3 is 16.9 Å². The van der Waals surface area contributed by atoms with Gasteiger partial charge in [-0.25, -0.2) is 0 Å². The molecule has 21 heavy (non-hydrogen) atoms. The first kappa shape index (κ1) is 19.3. The van der Waals surface area contributed by atoms with Crippen molar-refractivity contribution in [3.8, 4) is 0 Å². The van der Waals surface area contributed by atoms with Crippen molar-refractivity contribution in [2.45, 2.75) is 37.5 Å². The molecule has 1 aromatic carbocycles. The van der Waals surface area contributed by atoms with E-state index in [1.165, 1.54) is 37.7 Å². The third-order valence-electron chi connectivity index (χ3n) is 4.69. The summed E-state index contributed by atoms with van der Waals surface area (Å²) >= 11 is 0. The Bertz CT molecular complexity index is 376. The number of hydrogen-bond acceptors (Lipinski definition) is 2. The van der Waals surface area contributed by atoms with E-state index in [0.29, 0.717) is 5.41 Å². The van der Waals surface area contributed by atoms with Crippen LogP contribution < -0.4 is 0 Å². The second kappa shape index (κ2) is 10.1. The Labute approximate surface area is 155 Å². The van der Waals surface area contributed by atoms with E-state index in [1.54, 1.807) is 0 Å². The summed E-state index contributed by atoms with van der Waals surface area (Å²) in [5.74, 6) is 0. The van der Waals surface area contributed by atoms with Crippen molar-refractivity contribution >= 4 is 0 Å². The van der Waals surface area contributed by atoms with Gasteiger partial charge in [0.05, 0.1) is 0 Å². The molecule has 1 aromatic rings. The predicted octanol–water partition coefficient (Wildman–Crippen LogP) is 3.22. The van der Waals surface area contributed by atoms with E-state index in [9.17, 15) is 0 Å². The van der Waals surface area contributed by atoms with Gasteiger partial charge in [-0.3, -0.25) is 6.42 Å². The van der Waals surface area contributed by atoms with Gasteiger partial charge in [0.2, 0.25) is 0 Å². The Morgan fingerprint density at radius 2 is 1.86 bits per heavy atom. The van der Waals surface area contributed by atoms with E-state index < -0.39 is 0 Å². The summed E-state index contributed by atoms with van der Waals surface area (Å²) in [6.07, 6.45) is 8.43. The van der Waals surface area contributed by atoms with Crippen LogP contribution in [0.4, 0.5) is 0 Å². The van der Waals surface area contributed by atoms with Gasteiger partial charge in [-0.05, 0) is 36.8 Å². The van der Waals surface area contributed by atoms with Gasteiger partial charge >= 0.3 is 0 Å². The van der Waals surface area contributed by atoms with Crippen molar-refractivity contribution in [2.75, 3.05) is 26.2 Å². The third-order valence-corrected chi connectivity index (χ3v) is 4.69. The minimum absolute atomic E-state index is 0. The maximum atomic E-state index is 8.92. The zero-order valence-electron chi connectivity index (χ0n) is 13.0. The van der Waals surface area contributed by atoms with Gasteiger partial charge in [0.25, 0.3) is 0 Å². The van der Waals surface area contributed by atoms with Crippen LogP contribution >= 0.6 is 0 Å². The Hall–Kier alpha value is 0.244. The average Bonchev–Trinajstić information content (AvgIpc) is 2.98. The summed E-state index contributed by atoms with van der Waals surface area (Å²) in [6.45, 7) is 6.87. The molecule has 2 rings (SSSR count). The molecule has 115 valence electrons. The maximum Gasteiger partial charge on any atom is 0 e. The molecule has 1 saturated carbocycles. The van der Waals surface area contributed by atoms with Gasteiger partial charge in [0.1, 0.15) is 0 Å². The Morgan fingerprint density at radius 3 is 2.43 bits per heavy atom.